The molecule has 4 heterocycles. The second-order valence-electron chi connectivity index (χ2n) is 7.39. The fourth-order valence-corrected chi connectivity index (χ4v) is 3.73. The number of imidazole rings is 1. The van der Waals surface area contributed by atoms with E-state index >= 15 is 0 Å². The number of fused-ring (bicyclic) bond motifs is 4. The molecule has 26 heavy (non-hydrogen) atoms. The first kappa shape index (κ1) is 18.4. The van der Waals surface area contributed by atoms with Crippen molar-refractivity contribution in [2.45, 2.75) is 38.3 Å². The molecule has 1 aromatic heterocycles. The van der Waals surface area contributed by atoms with E-state index in [0.29, 0.717) is 19.5 Å². The van der Waals surface area contributed by atoms with Gasteiger partial charge in [-0.05, 0) is 19.3 Å². The summed E-state index contributed by atoms with van der Waals surface area (Å²) >= 11 is 0. The zero-order valence-corrected chi connectivity index (χ0v) is 15.5. The van der Waals surface area contributed by atoms with Crippen molar-refractivity contribution in [3.8, 4) is 0 Å². The van der Waals surface area contributed by atoms with Crippen molar-refractivity contribution in [2.24, 2.45) is 5.92 Å². The van der Waals surface area contributed by atoms with Gasteiger partial charge in [0.2, 0.25) is 17.7 Å². The standard InChI is InChI=1S/C18H27N5O3/c1-20(2)17(25)12-23-15-6-5-14(18(23)26)10-22(11-15)16(24)4-3-8-21-9-7-19-13-21/h7,9,13-15H,3-6,8,10-12H2,1-2H3/t14-,15+/m0/s1. The molecule has 4 rings (SSSR count). The number of piperidine rings is 1. The Labute approximate surface area is 153 Å². The highest BCUT2D eigenvalue weighted by molar-refractivity contribution is 5.87. The predicted molar refractivity (Wildman–Crippen MR) is 95.0 cm³/mol. The van der Waals surface area contributed by atoms with E-state index in [1.165, 1.54) is 4.90 Å². The van der Waals surface area contributed by atoms with Crippen LogP contribution in [0.15, 0.2) is 18.7 Å². The van der Waals surface area contributed by atoms with Crippen molar-refractivity contribution in [2.75, 3.05) is 33.7 Å². The van der Waals surface area contributed by atoms with Gasteiger partial charge in [-0.3, -0.25) is 14.4 Å². The monoisotopic (exact) mass is 361 g/mol. The molecular formula is C18H27N5O3. The summed E-state index contributed by atoms with van der Waals surface area (Å²) in [6.07, 6.45) is 8.22. The molecule has 0 N–H and O–H groups in total. The number of amides is 3. The topological polar surface area (TPSA) is 78.8 Å². The van der Waals surface area contributed by atoms with Crippen LogP contribution in [0.4, 0.5) is 0 Å². The Bertz CT molecular complexity index is 658. The molecule has 3 amide bonds. The summed E-state index contributed by atoms with van der Waals surface area (Å²) in [7, 11) is 3.39. The van der Waals surface area contributed by atoms with Crippen molar-refractivity contribution < 1.29 is 14.4 Å². The number of hydrogen-bond donors (Lipinski definition) is 0. The van der Waals surface area contributed by atoms with Gasteiger partial charge in [-0.25, -0.2) is 4.98 Å². The predicted octanol–water partition coefficient (Wildman–Crippen LogP) is 0.201. The molecule has 0 aromatic carbocycles. The first-order chi connectivity index (χ1) is 12.5. The summed E-state index contributed by atoms with van der Waals surface area (Å²) in [5, 5.41) is 0. The van der Waals surface area contributed by atoms with Gasteiger partial charge in [-0.2, -0.15) is 0 Å². The Balaban J connectivity index is 1.58. The second-order valence-corrected chi connectivity index (χ2v) is 7.39. The van der Waals surface area contributed by atoms with Crippen LogP contribution in [0.1, 0.15) is 25.7 Å². The highest BCUT2D eigenvalue weighted by atomic mass is 16.2. The number of aromatic nitrogens is 2. The van der Waals surface area contributed by atoms with E-state index in [1.54, 1.807) is 31.5 Å². The summed E-state index contributed by atoms with van der Waals surface area (Å²) in [5.41, 5.74) is 0. The number of rotatable bonds is 6. The molecule has 8 nitrogen and oxygen atoms in total. The molecule has 2 bridgehead atoms. The number of aryl methyl sites for hydroxylation is 1. The largest absolute Gasteiger partial charge is 0.347 e. The fraction of sp³-hybridized carbons (Fsp3) is 0.667. The van der Waals surface area contributed by atoms with Gasteiger partial charge in [0.25, 0.3) is 0 Å². The van der Waals surface area contributed by atoms with Crippen LogP contribution >= 0.6 is 0 Å². The number of hydrogen-bond acceptors (Lipinski definition) is 4. The molecule has 0 aliphatic carbocycles. The van der Waals surface area contributed by atoms with E-state index in [0.717, 1.165) is 25.8 Å². The molecule has 2 atom stereocenters. The van der Waals surface area contributed by atoms with Gasteiger partial charge in [0.15, 0.2) is 0 Å². The summed E-state index contributed by atoms with van der Waals surface area (Å²) in [6.45, 7) is 1.88. The van der Waals surface area contributed by atoms with Crippen molar-refractivity contribution >= 4 is 17.7 Å². The van der Waals surface area contributed by atoms with E-state index in [2.05, 4.69) is 4.98 Å². The van der Waals surface area contributed by atoms with Crippen LogP contribution in [0, 0.1) is 5.92 Å². The summed E-state index contributed by atoms with van der Waals surface area (Å²) in [4.78, 5) is 46.4. The lowest BCUT2D eigenvalue weighted by Gasteiger charge is -2.35. The van der Waals surface area contributed by atoms with Crippen LogP contribution < -0.4 is 0 Å². The Morgan fingerprint density at radius 2 is 2.08 bits per heavy atom. The smallest absolute Gasteiger partial charge is 0.241 e. The summed E-state index contributed by atoms with van der Waals surface area (Å²) < 4.78 is 1.96. The minimum atomic E-state index is -0.179. The van der Waals surface area contributed by atoms with Crippen molar-refractivity contribution in [1.82, 2.24) is 24.3 Å². The van der Waals surface area contributed by atoms with E-state index in [4.69, 9.17) is 0 Å². The molecule has 142 valence electrons. The van der Waals surface area contributed by atoms with Crippen molar-refractivity contribution in [3.05, 3.63) is 18.7 Å². The molecule has 0 radical (unpaired) electrons. The lowest BCUT2D eigenvalue weighted by Crippen LogP contribution is -2.51. The van der Waals surface area contributed by atoms with Gasteiger partial charge in [0.05, 0.1) is 12.2 Å². The lowest BCUT2D eigenvalue weighted by molar-refractivity contribution is -0.145. The van der Waals surface area contributed by atoms with Crippen LogP contribution in [0.3, 0.4) is 0 Å². The van der Waals surface area contributed by atoms with Crippen molar-refractivity contribution in [3.63, 3.8) is 0 Å². The van der Waals surface area contributed by atoms with Crippen LogP contribution in [-0.4, -0.2) is 81.7 Å². The molecule has 0 spiro atoms. The maximum absolute atomic E-state index is 12.7. The summed E-state index contributed by atoms with van der Waals surface area (Å²) in [6, 6.07) is -0.0530. The van der Waals surface area contributed by atoms with Crippen LogP contribution in [-0.2, 0) is 20.9 Å². The molecular weight excluding hydrogens is 334 g/mol. The number of likely N-dealkylation sites (N-methyl/N-ethyl adjacent to an activating group) is 1. The van der Waals surface area contributed by atoms with Crippen LogP contribution in [0.5, 0.6) is 0 Å². The van der Waals surface area contributed by atoms with Gasteiger partial charge in [-0.15, -0.1) is 0 Å². The average molecular weight is 361 g/mol. The average Bonchev–Trinajstić information content (AvgIpc) is 2.97. The van der Waals surface area contributed by atoms with E-state index in [-0.39, 0.29) is 36.2 Å². The van der Waals surface area contributed by atoms with Crippen LogP contribution in [0.25, 0.3) is 0 Å². The van der Waals surface area contributed by atoms with Crippen molar-refractivity contribution in [1.29, 1.82) is 0 Å². The SMILES string of the molecule is CN(C)C(=O)CN1C(=O)[C@H]2CC[C@@H]1CN(C(=O)CCCn1ccnc1)C2. The Morgan fingerprint density at radius 3 is 2.77 bits per heavy atom. The van der Waals surface area contributed by atoms with Crippen LogP contribution in [0.2, 0.25) is 0 Å². The summed E-state index contributed by atoms with van der Waals surface area (Å²) in [5.74, 6) is -0.147. The highest BCUT2D eigenvalue weighted by Gasteiger charge is 2.42. The number of nitrogens with zero attached hydrogens (tertiary/aromatic N) is 5. The fourth-order valence-electron chi connectivity index (χ4n) is 3.73. The molecule has 0 saturated carbocycles. The molecule has 3 aliphatic rings. The lowest BCUT2D eigenvalue weighted by atomic mass is 9.94. The van der Waals surface area contributed by atoms with E-state index in [9.17, 15) is 14.4 Å². The Hall–Kier alpha value is -2.38. The maximum atomic E-state index is 12.7. The Kier molecular flexibility index (Phi) is 5.58. The molecule has 8 heteroatoms. The third kappa shape index (κ3) is 4.05. The third-order valence-electron chi connectivity index (χ3n) is 5.32. The maximum Gasteiger partial charge on any atom is 0.241 e. The molecule has 1 aromatic rings. The molecule has 0 unspecified atom stereocenters. The minimum Gasteiger partial charge on any atom is -0.347 e. The van der Waals surface area contributed by atoms with Gasteiger partial charge >= 0.3 is 0 Å². The first-order valence-corrected chi connectivity index (χ1v) is 9.20. The normalized spacial score (nSPS) is 22.5. The first-order valence-electron chi connectivity index (χ1n) is 9.20. The zero-order chi connectivity index (χ0) is 18.7. The van der Waals surface area contributed by atoms with Gasteiger partial charge in [0, 0.05) is 58.6 Å². The van der Waals surface area contributed by atoms with Gasteiger partial charge < -0.3 is 19.3 Å². The number of carbonyl (C=O) groups is 3. The minimum absolute atomic E-state index is 0.0187. The molecule has 3 aliphatic heterocycles. The highest BCUT2D eigenvalue weighted by Crippen LogP contribution is 2.29. The molecule has 3 fully saturated rings. The van der Waals surface area contributed by atoms with Gasteiger partial charge in [0.1, 0.15) is 6.54 Å². The third-order valence-corrected chi connectivity index (χ3v) is 5.32. The van der Waals surface area contributed by atoms with E-state index in [1.807, 2.05) is 15.7 Å². The quantitative estimate of drug-likeness (QED) is 0.725. The Morgan fingerprint density at radius 1 is 1.27 bits per heavy atom. The second kappa shape index (κ2) is 7.88. The molecule has 3 saturated heterocycles. The van der Waals surface area contributed by atoms with E-state index < -0.39 is 0 Å². The van der Waals surface area contributed by atoms with Gasteiger partial charge in [-0.1, -0.05) is 0 Å². The number of carbonyl (C=O) groups excluding carboxylic acids is 3. The zero-order valence-electron chi connectivity index (χ0n) is 15.5.